The van der Waals surface area contributed by atoms with E-state index >= 15 is 0 Å². The molecule has 2 aromatic rings. The number of amides is 1. The Labute approximate surface area is 164 Å². The Morgan fingerprint density at radius 1 is 1.07 bits per heavy atom. The summed E-state index contributed by atoms with van der Waals surface area (Å²) in [5.41, 5.74) is 2.15. The molecule has 6 nitrogen and oxygen atoms in total. The lowest BCUT2D eigenvalue weighted by molar-refractivity contribution is -0.121. The van der Waals surface area contributed by atoms with Crippen LogP contribution in [0.15, 0.2) is 48.5 Å². The van der Waals surface area contributed by atoms with E-state index in [0.29, 0.717) is 24.8 Å². The van der Waals surface area contributed by atoms with E-state index in [4.69, 9.17) is 14.2 Å². The number of benzene rings is 2. The normalized spacial score (nSPS) is 26.1. The first kappa shape index (κ1) is 17.5. The maximum atomic E-state index is 12.5. The van der Waals surface area contributed by atoms with Crippen molar-refractivity contribution < 1.29 is 19.0 Å². The Bertz CT molecular complexity index is 857. The van der Waals surface area contributed by atoms with E-state index < -0.39 is 0 Å². The number of hydrogen-bond donors (Lipinski definition) is 1. The Balaban J connectivity index is 1.16. The van der Waals surface area contributed by atoms with Gasteiger partial charge in [0.15, 0.2) is 11.5 Å². The molecule has 0 unspecified atom stereocenters. The molecule has 0 radical (unpaired) electrons. The fourth-order valence-electron chi connectivity index (χ4n) is 4.36. The molecule has 3 aliphatic heterocycles. The number of carbonyl (C=O) groups is 1. The average molecular weight is 380 g/mol. The molecule has 5 rings (SSSR count). The number of nitrogens with one attached hydrogen (secondary N) is 1. The van der Waals surface area contributed by atoms with Crippen molar-refractivity contribution in [1.82, 2.24) is 10.2 Å². The minimum Gasteiger partial charge on any atom is -0.454 e. The van der Waals surface area contributed by atoms with E-state index in [1.807, 2.05) is 36.4 Å². The summed E-state index contributed by atoms with van der Waals surface area (Å²) in [5.74, 6) is 1.50. The molecule has 28 heavy (non-hydrogen) atoms. The number of carbonyl (C=O) groups excluding carboxylic acids is 1. The summed E-state index contributed by atoms with van der Waals surface area (Å²) < 4.78 is 16.8. The second-order valence-corrected chi connectivity index (χ2v) is 7.70. The van der Waals surface area contributed by atoms with Gasteiger partial charge < -0.3 is 19.5 Å². The first-order valence-electron chi connectivity index (χ1n) is 9.83. The highest BCUT2D eigenvalue weighted by atomic mass is 16.7. The summed E-state index contributed by atoms with van der Waals surface area (Å²) >= 11 is 0. The summed E-state index contributed by atoms with van der Waals surface area (Å²) in [7, 11) is 0. The third kappa shape index (κ3) is 3.57. The number of hydrogen-bond acceptors (Lipinski definition) is 5. The molecule has 0 bridgehead atoms. The highest BCUT2D eigenvalue weighted by Crippen LogP contribution is 2.33. The number of ether oxygens (including phenoxy) is 3. The second kappa shape index (κ2) is 7.45. The van der Waals surface area contributed by atoms with Crippen LogP contribution in [0.4, 0.5) is 0 Å². The van der Waals surface area contributed by atoms with Gasteiger partial charge in [-0.15, -0.1) is 0 Å². The van der Waals surface area contributed by atoms with Gasteiger partial charge in [-0.05, 0) is 29.7 Å². The smallest absolute Gasteiger partial charge is 0.231 e. The van der Waals surface area contributed by atoms with Gasteiger partial charge in [-0.25, -0.2) is 0 Å². The lowest BCUT2D eigenvalue weighted by atomic mass is 10.1. The Hall–Kier alpha value is -2.57. The molecular weight excluding hydrogens is 356 g/mol. The predicted molar refractivity (Wildman–Crippen MR) is 103 cm³/mol. The van der Waals surface area contributed by atoms with Crippen LogP contribution < -0.4 is 14.8 Å². The van der Waals surface area contributed by atoms with Gasteiger partial charge in [-0.2, -0.15) is 0 Å². The van der Waals surface area contributed by atoms with Crippen LogP contribution >= 0.6 is 0 Å². The van der Waals surface area contributed by atoms with Gasteiger partial charge >= 0.3 is 0 Å². The topological polar surface area (TPSA) is 60.0 Å². The summed E-state index contributed by atoms with van der Waals surface area (Å²) in [4.78, 5) is 15.0. The molecule has 1 amide bonds. The Kier molecular flexibility index (Phi) is 4.66. The van der Waals surface area contributed by atoms with Crippen LogP contribution in [0.25, 0.3) is 0 Å². The molecule has 0 spiro atoms. The van der Waals surface area contributed by atoms with E-state index in [0.717, 1.165) is 30.8 Å². The third-order valence-corrected chi connectivity index (χ3v) is 5.76. The van der Waals surface area contributed by atoms with Gasteiger partial charge in [-0.3, -0.25) is 9.69 Å². The summed E-state index contributed by atoms with van der Waals surface area (Å²) in [6.45, 7) is 2.72. The zero-order chi connectivity index (χ0) is 18.9. The summed E-state index contributed by atoms with van der Waals surface area (Å²) in [6.07, 6.45) is 1.40. The van der Waals surface area contributed by atoms with E-state index in [1.54, 1.807) is 0 Å². The van der Waals surface area contributed by atoms with Crippen LogP contribution in [-0.4, -0.2) is 49.4 Å². The van der Waals surface area contributed by atoms with Gasteiger partial charge in [-0.1, -0.05) is 36.4 Å². The van der Waals surface area contributed by atoms with Crippen molar-refractivity contribution in [3.8, 4) is 11.5 Å². The number of fused-ring (bicyclic) bond motifs is 2. The molecular formula is C22H24N2O4. The molecule has 0 saturated carbocycles. The second-order valence-electron chi connectivity index (χ2n) is 7.70. The summed E-state index contributed by atoms with van der Waals surface area (Å²) in [5, 5.41) is 3.20. The van der Waals surface area contributed by atoms with Crippen LogP contribution in [0.3, 0.4) is 0 Å². The molecule has 0 aliphatic carbocycles. The molecule has 2 aromatic carbocycles. The van der Waals surface area contributed by atoms with Crippen molar-refractivity contribution in [3.63, 3.8) is 0 Å². The van der Waals surface area contributed by atoms with Crippen molar-refractivity contribution in [2.24, 2.45) is 0 Å². The van der Waals surface area contributed by atoms with Crippen LogP contribution in [0, 0.1) is 0 Å². The zero-order valence-corrected chi connectivity index (χ0v) is 15.7. The molecule has 3 aliphatic rings. The minimum atomic E-state index is 0.0456. The maximum absolute atomic E-state index is 12.5. The van der Waals surface area contributed by atoms with Gasteiger partial charge in [0, 0.05) is 25.2 Å². The Morgan fingerprint density at radius 3 is 2.82 bits per heavy atom. The molecule has 146 valence electrons. The molecule has 3 heterocycles. The van der Waals surface area contributed by atoms with E-state index in [-0.39, 0.29) is 24.8 Å². The number of nitrogens with zero attached hydrogens (tertiary/aromatic N) is 1. The van der Waals surface area contributed by atoms with Crippen molar-refractivity contribution in [3.05, 3.63) is 59.7 Å². The van der Waals surface area contributed by atoms with Crippen LogP contribution in [0.5, 0.6) is 11.5 Å². The molecule has 3 atom stereocenters. The van der Waals surface area contributed by atoms with Crippen LogP contribution in [0.2, 0.25) is 0 Å². The first-order chi connectivity index (χ1) is 13.7. The van der Waals surface area contributed by atoms with Gasteiger partial charge in [0.05, 0.1) is 19.1 Å². The fourth-order valence-corrected chi connectivity index (χ4v) is 4.36. The van der Waals surface area contributed by atoms with Crippen LogP contribution in [0.1, 0.15) is 23.7 Å². The standard InChI is InChI=1S/C22H24N2O4/c25-22(9-15-6-7-19-20(8-15)28-14-27-19)23-17-10-18-13-26-21(12-24(18)11-17)16-4-2-1-3-5-16/h1-8,17-18,21H,9-14H2,(H,23,25)/t17-,18+,21-/m1/s1. The van der Waals surface area contributed by atoms with Gasteiger partial charge in [0.1, 0.15) is 0 Å². The van der Waals surface area contributed by atoms with E-state index in [9.17, 15) is 4.79 Å². The number of rotatable bonds is 4. The lowest BCUT2D eigenvalue weighted by Crippen LogP contribution is -2.43. The molecule has 1 N–H and O–H groups in total. The minimum absolute atomic E-state index is 0.0456. The van der Waals surface area contributed by atoms with Gasteiger partial charge in [0.25, 0.3) is 0 Å². The zero-order valence-electron chi connectivity index (χ0n) is 15.7. The number of morpholine rings is 1. The fraction of sp³-hybridized carbons (Fsp3) is 0.409. The van der Waals surface area contributed by atoms with Crippen molar-refractivity contribution >= 4 is 5.91 Å². The van der Waals surface area contributed by atoms with Crippen LogP contribution in [-0.2, 0) is 16.0 Å². The maximum Gasteiger partial charge on any atom is 0.231 e. The summed E-state index contributed by atoms with van der Waals surface area (Å²) in [6, 6.07) is 16.6. The largest absolute Gasteiger partial charge is 0.454 e. The van der Waals surface area contributed by atoms with E-state index in [1.165, 1.54) is 5.56 Å². The van der Waals surface area contributed by atoms with Crippen molar-refractivity contribution in [1.29, 1.82) is 0 Å². The highest BCUT2D eigenvalue weighted by Gasteiger charge is 2.38. The first-order valence-corrected chi connectivity index (χ1v) is 9.83. The Morgan fingerprint density at radius 2 is 1.93 bits per heavy atom. The molecule has 2 saturated heterocycles. The van der Waals surface area contributed by atoms with E-state index in [2.05, 4.69) is 22.3 Å². The van der Waals surface area contributed by atoms with Crippen molar-refractivity contribution in [2.45, 2.75) is 31.0 Å². The average Bonchev–Trinajstić information content (AvgIpc) is 3.33. The monoisotopic (exact) mass is 380 g/mol. The lowest BCUT2D eigenvalue weighted by Gasteiger charge is -2.35. The van der Waals surface area contributed by atoms with Crippen molar-refractivity contribution in [2.75, 3.05) is 26.5 Å². The highest BCUT2D eigenvalue weighted by molar-refractivity contribution is 5.79. The van der Waals surface area contributed by atoms with Gasteiger partial charge in [0.2, 0.25) is 12.7 Å². The molecule has 0 aromatic heterocycles. The SMILES string of the molecule is O=C(Cc1ccc2c(c1)OCO2)N[C@@H]1C[C@H]2CO[C@@H](c3ccccc3)CN2C1. The quantitative estimate of drug-likeness (QED) is 0.882. The third-order valence-electron chi connectivity index (χ3n) is 5.76. The molecule has 6 heteroatoms. The molecule has 2 fully saturated rings. The predicted octanol–water partition coefficient (Wildman–Crippen LogP) is 2.29.